The summed E-state index contributed by atoms with van der Waals surface area (Å²) in [5.41, 5.74) is 6.17. The van der Waals surface area contributed by atoms with Gasteiger partial charge in [0.05, 0.1) is 20.3 Å². The van der Waals surface area contributed by atoms with Crippen LogP contribution in [0, 0.1) is 0 Å². The van der Waals surface area contributed by atoms with Crippen LogP contribution < -0.4 is 32.9 Å². The van der Waals surface area contributed by atoms with Crippen molar-refractivity contribution in [2.75, 3.05) is 53.1 Å². The summed E-state index contributed by atoms with van der Waals surface area (Å²) in [6, 6.07) is 5.64. The minimum atomic E-state index is -0.513. The van der Waals surface area contributed by atoms with Gasteiger partial charge in [-0.05, 0) is 17.7 Å². The highest BCUT2D eigenvalue weighted by Crippen LogP contribution is 2.27. The third kappa shape index (κ3) is 6.92. The van der Waals surface area contributed by atoms with Crippen LogP contribution in [0.1, 0.15) is 5.56 Å². The van der Waals surface area contributed by atoms with E-state index in [1.54, 1.807) is 13.2 Å². The molecule has 1 saturated heterocycles. The number of carbonyl (C=O) groups is 1. The van der Waals surface area contributed by atoms with Crippen LogP contribution in [0.4, 0.5) is 0 Å². The van der Waals surface area contributed by atoms with Crippen molar-refractivity contribution in [1.29, 1.82) is 0 Å². The van der Waals surface area contributed by atoms with E-state index in [1.165, 1.54) is 0 Å². The molecule has 0 bridgehead atoms. The van der Waals surface area contributed by atoms with Gasteiger partial charge in [-0.25, -0.2) is 0 Å². The van der Waals surface area contributed by atoms with Crippen LogP contribution in [0.15, 0.2) is 18.2 Å². The molecule has 0 saturated carbocycles. The maximum absolute atomic E-state index is 10.8. The van der Waals surface area contributed by atoms with Gasteiger partial charge in [-0.2, -0.15) is 0 Å². The zero-order chi connectivity index (χ0) is 16.5. The monoisotopic (exact) mass is 358 g/mol. The zero-order valence-corrected chi connectivity index (χ0v) is 14.7. The zero-order valence-electron chi connectivity index (χ0n) is 13.9. The topological polar surface area (TPSA) is 86.1 Å². The Kier molecular flexibility index (Phi) is 9.48. The molecule has 0 spiro atoms. The first-order valence-corrected chi connectivity index (χ1v) is 7.78. The largest absolute Gasteiger partial charge is 1.00 e. The van der Waals surface area contributed by atoms with Crippen LogP contribution in [0.25, 0.3) is 0 Å². The normalized spacial score (nSPS) is 14.7. The molecule has 1 heterocycles. The van der Waals surface area contributed by atoms with Gasteiger partial charge in [0, 0.05) is 32.7 Å². The molecule has 136 valence electrons. The van der Waals surface area contributed by atoms with Gasteiger partial charge in [-0.3, -0.25) is 9.69 Å². The number of ether oxygens (including phenoxy) is 3. The van der Waals surface area contributed by atoms with Crippen molar-refractivity contribution in [1.82, 2.24) is 10.2 Å². The average Bonchev–Trinajstić information content (AvgIpc) is 2.58. The Bertz CT molecular complexity index is 510. The first-order valence-electron chi connectivity index (χ1n) is 7.78. The number of halogens is 1. The lowest BCUT2D eigenvalue weighted by Gasteiger charge is -2.26. The fraction of sp³-hybridized carbons (Fsp3) is 0.562. The van der Waals surface area contributed by atoms with Crippen molar-refractivity contribution in [2.24, 2.45) is 5.73 Å². The van der Waals surface area contributed by atoms with Gasteiger partial charge in [0.25, 0.3) is 5.91 Å². The number of methoxy groups -OCH3 is 1. The summed E-state index contributed by atoms with van der Waals surface area (Å²) < 4.78 is 15.9. The number of nitrogens with two attached hydrogens (primary N) is 1. The fourth-order valence-corrected chi connectivity index (χ4v) is 2.38. The van der Waals surface area contributed by atoms with Gasteiger partial charge in [0.1, 0.15) is 0 Å². The van der Waals surface area contributed by atoms with Crippen LogP contribution in [-0.4, -0.2) is 63.9 Å². The summed E-state index contributed by atoms with van der Waals surface area (Å²) in [4.78, 5) is 13.2. The van der Waals surface area contributed by atoms with Gasteiger partial charge in [-0.15, -0.1) is 0 Å². The number of hydrogen-bond acceptors (Lipinski definition) is 6. The smallest absolute Gasteiger partial charge is 0.255 e. The molecular weight excluding hydrogens is 334 g/mol. The molecule has 7 nitrogen and oxygen atoms in total. The highest BCUT2D eigenvalue weighted by molar-refractivity contribution is 5.75. The molecule has 0 aromatic heterocycles. The van der Waals surface area contributed by atoms with Crippen molar-refractivity contribution < 1.29 is 31.4 Å². The first kappa shape index (κ1) is 20.5. The van der Waals surface area contributed by atoms with Gasteiger partial charge < -0.3 is 37.7 Å². The van der Waals surface area contributed by atoms with E-state index in [0.717, 1.165) is 51.5 Å². The molecule has 1 aromatic rings. The fourth-order valence-electron chi connectivity index (χ4n) is 2.38. The lowest BCUT2D eigenvalue weighted by atomic mass is 10.2. The third-order valence-electron chi connectivity index (χ3n) is 3.64. The number of amides is 1. The summed E-state index contributed by atoms with van der Waals surface area (Å²) in [7, 11) is 1.57. The van der Waals surface area contributed by atoms with Crippen LogP contribution in [0.2, 0.25) is 0 Å². The minimum absolute atomic E-state index is 0. The van der Waals surface area contributed by atoms with Crippen molar-refractivity contribution in [2.45, 2.75) is 6.54 Å². The molecule has 0 unspecified atom stereocenters. The van der Waals surface area contributed by atoms with Gasteiger partial charge >= 0.3 is 0 Å². The number of nitrogens with one attached hydrogen (secondary N) is 1. The van der Waals surface area contributed by atoms with Gasteiger partial charge in [-0.1, -0.05) is 6.07 Å². The molecule has 1 fully saturated rings. The quantitative estimate of drug-likeness (QED) is 0.457. The van der Waals surface area contributed by atoms with Crippen LogP contribution >= 0.6 is 0 Å². The second kappa shape index (κ2) is 11.1. The maximum Gasteiger partial charge on any atom is 0.255 e. The maximum atomic E-state index is 10.8. The lowest BCUT2D eigenvalue weighted by molar-refractivity contribution is -0.119. The van der Waals surface area contributed by atoms with E-state index < -0.39 is 5.91 Å². The molecule has 1 aliphatic rings. The second-order valence-electron chi connectivity index (χ2n) is 5.37. The number of rotatable bonds is 9. The number of primary amides is 1. The Morgan fingerprint density at radius 2 is 2.08 bits per heavy atom. The van der Waals surface area contributed by atoms with Crippen LogP contribution in [-0.2, 0) is 16.1 Å². The Hall–Kier alpha value is -1.54. The van der Waals surface area contributed by atoms with Crippen molar-refractivity contribution >= 4 is 5.91 Å². The van der Waals surface area contributed by atoms with E-state index in [4.69, 9.17) is 19.9 Å². The second-order valence-corrected chi connectivity index (χ2v) is 5.37. The summed E-state index contributed by atoms with van der Waals surface area (Å²) in [6.45, 7) is 6.17. The van der Waals surface area contributed by atoms with E-state index in [1.807, 2.05) is 12.1 Å². The van der Waals surface area contributed by atoms with E-state index in [-0.39, 0.29) is 19.0 Å². The minimum Gasteiger partial charge on any atom is -1.00 e. The Labute approximate surface area is 148 Å². The van der Waals surface area contributed by atoms with Gasteiger partial charge in [0.2, 0.25) is 0 Å². The number of benzene rings is 1. The van der Waals surface area contributed by atoms with Crippen LogP contribution in [0.5, 0.6) is 11.5 Å². The van der Waals surface area contributed by atoms with Crippen LogP contribution in [0.3, 0.4) is 0 Å². The lowest BCUT2D eigenvalue weighted by Crippen LogP contribution is -3.00. The highest BCUT2D eigenvalue weighted by Gasteiger charge is 2.10. The van der Waals surface area contributed by atoms with Crippen molar-refractivity contribution in [3.8, 4) is 11.5 Å². The molecule has 0 radical (unpaired) electrons. The molecule has 0 aliphatic carbocycles. The standard InChI is InChI=1S/C16H25N3O4.ClH/c1-21-15-10-13(2-3-14(15)23-12-16(17)20)11-18-4-5-19-6-8-22-9-7-19;/h2-3,10,18H,4-9,11-12H2,1H3,(H2,17,20);1H/p-1. The Morgan fingerprint density at radius 1 is 1.33 bits per heavy atom. The summed E-state index contributed by atoms with van der Waals surface area (Å²) in [5.74, 6) is 0.600. The number of hydrogen-bond donors (Lipinski definition) is 2. The van der Waals surface area contributed by atoms with E-state index in [2.05, 4.69) is 10.2 Å². The van der Waals surface area contributed by atoms with E-state index in [9.17, 15) is 4.79 Å². The molecule has 1 aromatic carbocycles. The predicted octanol–water partition coefficient (Wildman–Crippen LogP) is -3.01. The highest BCUT2D eigenvalue weighted by atomic mass is 35.5. The van der Waals surface area contributed by atoms with E-state index >= 15 is 0 Å². The molecule has 1 aliphatic heterocycles. The van der Waals surface area contributed by atoms with Gasteiger partial charge in [0.15, 0.2) is 18.1 Å². The first-order chi connectivity index (χ1) is 11.2. The molecule has 0 atom stereocenters. The Morgan fingerprint density at radius 3 is 2.75 bits per heavy atom. The number of carbonyl (C=O) groups excluding carboxylic acids is 1. The molecule has 8 heteroatoms. The SMILES string of the molecule is COc1cc(CNCCN2CCOCC2)ccc1OCC(N)=O.[Cl-]. The Balaban J connectivity index is 0.00000288. The molecular formula is C16H25ClN3O4-. The summed E-state index contributed by atoms with van der Waals surface area (Å²) in [5, 5.41) is 3.42. The molecule has 24 heavy (non-hydrogen) atoms. The molecule has 3 N–H and O–H groups in total. The summed E-state index contributed by atoms with van der Waals surface area (Å²) >= 11 is 0. The molecule has 1 amide bonds. The summed E-state index contributed by atoms with van der Waals surface area (Å²) in [6.07, 6.45) is 0. The molecule has 2 rings (SSSR count). The number of morpholine rings is 1. The predicted molar refractivity (Wildman–Crippen MR) is 86.6 cm³/mol. The van der Waals surface area contributed by atoms with E-state index in [0.29, 0.717) is 11.5 Å². The average molecular weight is 359 g/mol. The van der Waals surface area contributed by atoms with Crippen molar-refractivity contribution in [3.63, 3.8) is 0 Å². The third-order valence-corrected chi connectivity index (χ3v) is 3.64. The number of nitrogens with zero attached hydrogens (tertiary/aromatic N) is 1. The van der Waals surface area contributed by atoms with Crippen molar-refractivity contribution in [3.05, 3.63) is 23.8 Å².